The summed E-state index contributed by atoms with van der Waals surface area (Å²) in [6.07, 6.45) is 1.50. The van der Waals surface area contributed by atoms with Crippen LogP contribution in [-0.2, 0) is 16.1 Å². The maximum atomic E-state index is 13.2. The topological polar surface area (TPSA) is 89.2 Å². The highest BCUT2D eigenvalue weighted by Gasteiger charge is 2.46. The largest absolute Gasteiger partial charge is 0.507 e. The molecule has 1 unspecified atom stereocenters. The number of carbonyl (C=O) groups is 2. The molecule has 7 nitrogen and oxygen atoms in total. The fourth-order valence-corrected chi connectivity index (χ4v) is 3.92. The Bertz CT molecular complexity index is 1190. The fraction of sp³-hybridized carbons (Fsp3) is 0.200. The minimum absolute atomic E-state index is 0.0151. The number of ether oxygens (including phenoxy) is 2. The smallest absolute Gasteiger partial charge is 0.296 e. The summed E-state index contributed by atoms with van der Waals surface area (Å²) in [4.78, 5) is 27.6. The molecule has 0 spiro atoms. The zero-order chi connectivity index (χ0) is 22.8. The molecule has 7 heteroatoms. The zero-order valence-electron chi connectivity index (χ0n) is 18.0. The van der Waals surface area contributed by atoms with Crippen LogP contribution < -0.4 is 9.47 Å². The second kappa shape index (κ2) is 8.63. The van der Waals surface area contributed by atoms with Crippen molar-refractivity contribution in [3.63, 3.8) is 0 Å². The molecule has 0 radical (unpaired) electrons. The van der Waals surface area contributed by atoms with E-state index in [2.05, 4.69) is 0 Å². The number of aryl methyl sites for hydroxylation is 1. The van der Waals surface area contributed by atoms with E-state index in [9.17, 15) is 14.7 Å². The summed E-state index contributed by atoms with van der Waals surface area (Å²) < 4.78 is 16.1. The first-order valence-electron chi connectivity index (χ1n) is 10.0. The normalized spacial score (nSPS) is 17.6. The summed E-state index contributed by atoms with van der Waals surface area (Å²) >= 11 is 0. The van der Waals surface area contributed by atoms with Gasteiger partial charge in [0.1, 0.15) is 23.0 Å². The van der Waals surface area contributed by atoms with E-state index in [-0.39, 0.29) is 17.9 Å². The van der Waals surface area contributed by atoms with Gasteiger partial charge in [-0.15, -0.1) is 0 Å². The highest BCUT2D eigenvalue weighted by molar-refractivity contribution is 6.46. The third-order valence-corrected chi connectivity index (χ3v) is 5.47. The van der Waals surface area contributed by atoms with Crippen LogP contribution in [0, 0.1) is 6.92 Å². The van der Waals surface area contributed by atoms with Gasteiger partial charge in [0.15, 0.2) is 0 Å². The number of benzene rings is 2. The first-order chi connectivity index (χ1) is 15.4. The van der Waals surface area contributed by atoms with Gasteiger partial charge in [0, 0.05) is 0 Å². The minimum Gasteiger partial charge on any atom is -0.507 e. The minimum atomic E-state index is -0.833. The number of rotatable bonds is 6. The molecule has 3 aromatic rings. The predicted molar refractivity (Wildman–Crippen MR) is 117 cm³/mol. The van der Waals surface area contributed by atoms with Gasteiger partial charge < -0.3 is 23.9 Å². The lowest BCUT2D eigenvalue weighted by molar-refractivity contribution is -0.140. The van der Waals surface area contributed by atoms with Crippen LogP contribution in [0.5, 0.6) is 11.5 Å². The van der Waals surface area contributed by atoms with E-state index >= 15 is 0 Å². The van der Waals surface area contributed by atoms with Crippen molar-refractivity contribution in [2.75, 3.05) is 14.2 Å². The number of hydrogen-bond acceptors (Lipinski definition) is 6. The van der Waals surface area contributed by atoms with Gasteiger partial charge >= 0.3 is 0 Å². The number of likely N-dealkylation sites (tertiary alicyclic amines) is 1. The zero-order valence-corrected chi connectivity index (χ0v) is 18.0. The fourth-order valence-electron chi connectivity index (χ4n) is 3.92. The summed E-state index contributed by atoms with van der Waals surface area (Å²) in [5.74, 6) is -0.298. The average molecular weight is 433 g/mol. The van der Waals surface area contributed by atoms with Crippen LogP contribution in [0.1, 0.15) is 28.5 Å². The first-order valence-corrected chi connectivity index (χ1v) is 10.0. The highest BCUT2D eigenvalue weighted by atomic mass is 16.5. The number of carbonyl (C=O) groups excluding carboxylic acids is 2. The van der Waals surface area contributed by atoms with E-state index in [1.165, 1.54) is 25.4 Å². The SMILES string of the molecule is COc1cccc(C2/C(=C(\O)c3cc(C)ccc3OC)C(=O)C(=O)N2Cc2ccco2)c1. The van der Waals surface area contributed by atoms with Crippen molar-refractivity contribution in [1.29, 1.82) is 0 Å². The Balaban J connectivity index is 1.92. The Morgan fingerprint density at radius 3 is 2.56 bits per heavy atom. The lowest BCUT2D eigenvalue weighted by atomic mass is 9.94. The van der Waals surface area contributed by atoms with Crippen LogP contribution in [-0.4, -0.2) is 35.9 Å². The van der Waals surface area contributed by atoms with Crippen LogP contribution in [0.25, 0.3) is 5.76 Å². The number of Topliss-reactive ketones (excluding diaryl/α,β-unsaturated/α-hetero) is 1. The van der Waals surface area contributed by atoms with Crippen LogP contribution in [0.3, 0.4) is 0 Å². The summed E-state index contributed by atoms with van der Waals surface area (Å²) in [6.45, 7) is 1.94. The molecule has 32 heavy (non-hydrogen) atoms. The van der Waals surface area contributed by atoms with Gasteiger partial charge in [-0.3, -0.25) is 9.59 Å². The highest BCUT2D eigenvalue weighted by Crippen LogP contribution is 2.42. The molecule has 1 aliphatic heterocycles. The van der Waals surface area contributed by atoms with Crippen LogP contribution in [0.2, 0.25) is 0 Å². The average Bonchev–Trinajstić information content (AvgIpc) is 3.41. The van der Waals surface area contributed by atoms with Gasteiger partial charge in [-0.05, 0) is 48.9 Å². The molecule has 4 rings (SSSR count). The van der Waals surface area contributed by atoms with Crippen molar-refractivity contribution in [2.45, 2.75) is 19.5 Å². The summed E-state index contributed by atoms with van der Waals surface area (Å²) in [7, 11) is 3.02. The molecule has 1 atom stereocenters. The lowest BCUT2D eigenvalue weighted by Crippen LogP contribution is -2.29. The molecule has 1 N–H and O–H groups in total. The Kier molecular flexibility index (Phi) is 5.73. The second-order valence-corrected chi connectivity index (χ2v) is 7.49. The molecule has 0 saturated carbocycles. The van der Waals surface area contributed by atoms with Gasteiger partial charge in [-0.25, -0.2) is 0 Å². The van der Waals surface area contributed by atoms with E-state index in [4.69, 9.17) is 13.9 Å². The molecule has 2 aromatic carbocycles. The monoisotopic (exact) mass is 433 g/mol. The molecule has 1 amide bonds. The molecule has 164 valence electrons. The van der Waals surface area contributed by atoms with Gasteiger partial charge in [-0.2, -0.15) is 0 Å². The second-order valence-electron chi connectivity index (χ2n) is 7.49. The molecule has 1 aliphatic rings. The molecule has 2 heterocycles. The number of furan rings is 1. The van der Waals surface area contributed by atoms with Crippen molar-refractivity contribution in [1.82, 2.24) is 4.90 Å². The van der Waals surface area contributed by atoms with Gasteiger partial charge in [0.25, 0.3) is 11.7 Å². The van der Waals surface area contributed by atoms with Crippen LogP contribution in [0.15, 0.2) is 70.9 Å². The maximum Gasteiger partial charge on any atom is 0.296 e. The van der Waals surface area contributed by atoms with Crippen LogP contribution >= 0.6 is 0 Å². The molecule has 1 fully saturated rings. The maximum absolute atomic E-state index is 13.2. The Labute approximate surface area is 185 Å². The number of aliphatic hydroxyl groups is 1. The summed E-state index contributed by atoms with van der Waals surface area (Å²) in [5, 5.41) is 11.3. The quantitative estimate of drug-likeness (QED) is 0.356. The molecule has 1 aromatic heterocycles. The van der Waals surface area contributed by atoms with Crippen molar-refractivity contribution >= 4 is 17.4 Å². The number of methoxy groups -OCH3 is 2. The molecular formula is C25H23NO6. The lowest BCUT2D eigenvalue weighted by Gasteiger charge is -2.25. The third-order valence-electron chi connectivity index (χ3n) is 5.47. The Morgan fingerprint density at radius 1 is 1.06 bits per heavy atom. The van der Waals surface area contributed by atoms with Crippen LogP contribution in [0.4, 0.5) is 0 Å². The van der Waals surface area contributed by atoms with E-state index in [1.54, 1.807) is 48.5 Å². The van der Waals surface area contributed by atoms with Gasteiger partial charge in [0.2, 0.25) is 0 Å². The van der Waals surface area contributed by atoms with E-state index in [0.29, 0.717) is 28.4 Å². The van der Waals surface area contributed by atoms with E-state index in [0.717, 1.165) is 5.56 Å². The molecule has 0 bridgehead atoms. The Morgan fingerprint density at radius 2 is 1.88 bits per heavy atom. The predicted octanol–water partition coefficient (Wildman–Crippen LogP) is 4.23. The van der Waals surface area contributed by atoms with Crippen molar-refractivity contribution in [2.24, 2.45) is 0 Å². The third kappa shape index (κ3) is 3.73. The molecular weight excluding hydrogens is 410 g/mol. The number of amides is 1. The molecule has 1 saturated heterocycles. The summed E-state index contributed by atoms with van der Waals surface area (Å²) in [5.41, 5.74) is 1.83. The van der Waals surface area contributed by atoms with Crippen molar-refractivity contribution < 1.29 is 28.6 Å². The number of ketones is 1. The first kappa shape index (κ1) is 21.2. The van der Waals surface area contributed by atoms with Crippen molar-refractivity contribution in [3.05, 3.63) is 88.9 Å². The summed E-state index contributed by atoms with van der Waals surface area (Å²) in [6, 6.07) is 14.9. The van der Waals surface area contributed by atoms with E-state index in [1.807, 2.05) is 13.0 Å². The van der Waals surface area contributed by atoms with Gasteiger partial charge in [0.05, 0.1) is 44.2 Å². The molecule has 0 aliphatic carbocycles. The number of hydrogen-bond donors (Lipinski definition) is 1. The Hall–Kier alpha value is -4.00. The van der Waals surface area contributed by atoms with Gasteiger partial charge in [-0.1, -0.05) is 23.8 Å². The number of nitrogens with zero attached hydrogens (tertiary/aromatic N) is 1. The number of aliphatic hydroxyl groups excluding tert-OH is 1. The van der Waals surface area contributed by atoms with E-state index < -0.39 is 17.7 Å². The standard InChI is InChI=1S/C25H23NO6/c1-15-9-10-20(31-3)19(12-15)23(27)21-22(16-6-4-7-17(13-16)30-2)26(25(29)24(21)28)14-18-8-5-11-32-18/h4-13,22,27H,14H2,1-3H3/b23-21+. The van der Waals surface area contributed by atoms with Crippen molar-refractivity contribution in [3.8, 4) is 11.5 Å².